The molecule has 0 aromatic rings. The van der Waals surface area contributed by atoms with Crippen LogP contribution in [0.4, 0.5) is 0 Å². The number of nitrogens with zero attached hydrogens (tertiary/aromatic N) is 1. The number of rotatable bonds is 1. The van der Waals surface area contributed by atoms with Gasteiger partial charge in [-0.1, -0.05) is 32.4 Å². The maximum atomic E-state index is 10.1. The van der Waals surface area contributed by atoms with Crippen molar-refractivity contribution in [3.63, 3.8) is 0 Å². The van der Waals surface area contributed by atoms with Gasteiger partial charge in [0.25, 0.3) is 0 Å². The second kappa shape index (κ2) is 2.25. The Morgan fingerprint density at radius 2 is 1.56 bits per heavy atom. The van der Waals surface area contributed by atoms with E-state index in [1.54, 1.807) is 6.92 Å². The molecule has 0 rings (SSSR count). The Balaban J connectivity index is 4.32. The van der Waals surface area contributed by atoms with Crippen LogP contribution in [0.5, 0.6) is 0 Å². The van der Waals surface area contributed by atoms with E-state index in [4.69, 9.17) is 11.6 Å². The zero-order valence-corrected chi connectivity index (χ0v) is 6.99. The molecular weight excluding hydrogens is 138 g/mol. The van der Waals surface area contributed by atoms with E-state index >= 15 is 0 Å². The average molecular weight is 150 g/mol. The van der Waals surface area contributed by atoms with Gasteiger partial charge in [0.2, 0.25) is 0 Å². The van der Waals surface area contributed by atoms with E-state index in [9.17, 15) is 4.91 Å². The van der Waals surface area contributed by atoms with Crippen LogP contribution in [0.3, 0.4) is 0 Å². The van der Waals surface area contributed by atoms with Crippen LogP contribution in [-0.2, 0) is 0 Å². The Bertz CT molecular complexity index is 115. The summed E-state index contributed by atoms with van der Waals surface area (Å²) in [6, 6.07) is 0. The Morgan fingerprint density at radius 3 is 1.56 bits per heavy atom. The SMILES string of the molecule is CC(C)(C)C(C)(Cl)N=O. The molecule has 0 saturated carbocycles. The highest BCUT2D eigenvalue weighted by Crippen LogP contribution is 2.36. The zero-order valence-electron chi connectivity index (χ0n) is 6.23. The molecule has 0 amide bonds. The number of nitroso groups, excluding NO2 is 1. The second-order valence-corrected chi connectivity index (χ2v) is 4.03. The van der Waals surface area contributed by atoms with Crippen LogP contribution >= 0.6 is 11.6 Å². The third-order valence-electron chi connectivity index (χ3n) is 1.54. The quantitative estimate of drug-likeness (QED) is 0.320. The van der Waals surface area contributed by atoms with E-state index in [2.05, 4.69) is 5.18 Å². The van der Waals surface area contributed by atoms with Crippen LogP contribution in [0.25, 0.3) is 0 Å². The Kier molecular flexibility index (Phi) is 2.23. The van der Waals surface area contributed by atoms with Crippen LogP contribution < -0.4 is 0 Å². The minimum atomic E-state index is -0.979. The van der Waals surface area contributed by atoms with E-state index in [1.165, 1.54) is 0 Å². The maximum Gasteiger partial charge on any atom is 0.177 e. The minimum absolute atomic E-state index is 0.268. The number of alkyl halides is 1. The highest BCUT2D eigenvalue weighted by Gasteiger charge is 2.36. The smallest absolute Gasteiger partial charge is 0.149 e. The molecule has 0 fully saturated rings. The van der Waals surface area contributed by atoms with Gasteiger partial charge in [-0.25, -0.2) is 0 Å². The fourth-order valence-electron chi connectivity index (χ4n) is 0.137. The molecule has 0 radical (unpaired) electrons. The van der Waals surface area contributed by atoms with E-state index in [-0.39, 0.29) is 5.41 Å². The largest absolute Gasteiger partial charge is 0.177 e. The zero-order chi connectivity index (χ0) is 7.71. The van der Waals surface area contributed by atoms with Gasteiger partial charge in [-0.2, -0.15) is 0 Å². The summed E-state index contributed by atoms with van der Waals surface area (Å²) in [5.41, 5.74) is -0.268. The van der Waals surface area contributed by atoms with Crippen molar-refractivity contribution in [1.82, 2.24) is 0 Å². The minimum Gasteiger partial charge on any atom is -0.149 e. The number of hydrogen-bond donors (Lipinski definition) is 0. The average Bonchev–Trinajstić information content (AvgIpc) is 1.64. The molecule has 0 N–H and O–H groups in total. The van der Waals surface area contributed by atoms with Crippen LogP contribution in [0.15, 0.2) is 5.18 Å². The van der Waals surface area contributed by atoms with Crippen molar-refractivity contribution < 1.29 is 0 Å². The molecule has 0 spiro atoms. The predicted octanol–water partition coefficient (Wildman–Crippen LogP) is 2.75. The van der Waals surface area contributed by atoms with Crippen molar-refractivity contribution >= 4 is 11.6 Å². The van der Waals surface area contributed by atoms with Gasteiger partial charge in [0.05, 0.1) is 0 Å². The topological polar surface area (TPSA) is 29.4 Å². The molecule has 0 heterocycles. The Hall–Kier alpha value is -0.110. The summed E-state index contributed by atoms with van der Waals surface area (Å²) in [4.78, 5) is 9.11. The van der Waals surface area contributed by atoms with E-state index in [0.29, 0.717) is 0 Å². The van der Waals surface area contributed by atoms with E-state index < -0.39 is 5.00 Å². The van der Waals surface area contributed by atoms with Crippen LogP contribution in [0, 0.1) is 10.3 Å². The van der Waals surface area contributed by atoms with Gasteiger partial charge in [0, 0.05) is 5.41 Å². The molecule has 0 aliphatic carbocycles. The molecule has 3 heteroatoms. The summed E-state index contributed by atoms with van der Waals surface area (Å²) >= 11 is 5.72. The molecule has 9 heavy (non-hydrogen) atoms. The summed E-state index contributed by atoms with van der Waals surface area (Å²) in [6.07, 6.45) is 0. The molecule has 2 nitrogen and oxygen atoms in total. The molecule has 1 atom stereocenters. The normalized spacial score (nSPS) is 18.8. The number of halogens is 1. The lowest BCUT2D eigenvalue weighted by Crippen LogP contribution is -2.31. The maximum absolute atomic E-state index is 10.1. The molecule has 0 aliphatic rings. The molecule has 0 aromatic carbocycles. The summed E-state index contributed by atoms with van der Waals surface area (Å²) in [5.74, 6) is 0. The van der Waals surface area contributed by atoms with E-state index in [1.807, 2.05) is 20.8 Å². The van der Waals surface area contributed by atoms with Crippen molar-refractivity contribution in [3.05, 3.63) is 4.91 Å². The van der Waals surface area contributed by atoms with Crippen LogP contribution in [-0.4, -0.2) is 5.00 Å². The van der Waals surface area contributed by atoms with Crippen molar-refractivity contribution in [2.45, 2.75) is 32.7 Å². The molecule has 0 aromatic heterocycles. The first-order chi connectivity index (χ1) is 3.81. The van der Waals surface area contributed by atoms with Gasteiger partial charge in [0.15, 0.2) is 5.00 Å². The Morgan fingerprint density at radius 1 is 1.22 bits per heavy atom. The summed E-state index contributed by atoms with van der Waals surface area (Å²) in [7, 11) is 0. The fraction of sp³-hybridized carbons (Fsp3) is 1.00. The van der Waals surface area contributed by atoms with Gasteiger partial charge in [-0.05, 0) is 12.1 Å². The summed E-state index contributed by atoms with van der Waals surface area (Å²) in [5, 5.41) is 2.81. The lowest BCUT2D eigenvalue weighted by atomic mass is 9.88. The van der Waals surface area contributed by atoms with Gasteiger partial charge in [0.1, 0.15) is 0 Å². The van der Waals surface area contributed by atoms with Crippen molar-refractivity contribution in [2.24, 2.45) is 10.6 Å². The number of hydrogen-bond acceptors (Lipinski definition) is 2. The summed E-state index contributed by atoms with van der Waals surface area (Å²) in [6.45, 7) is 7.24. The van der Waals surface area contributed by atoms with Crippen molar-refractivity contribution in [2.75, 3.05) is 0 Å². The van der Waals surface area contributed by atoms with Crippen molar-refractivity contribution in [1.29, 1.82) is 0 Å². The molecule has 1 unspecified atom stereocenters. The molecule has 0 aliphatic heterocycles. The second-order valence-electron chi connectivity index (χ2n) is 3.29. The van der Waals surface area contributed by atoms with Crippen molar-refractivity contribution in [3.8, 4) is 0 Å². The fourth-order valence-corrected chi connectivity index (χ4v) is 0.137. The first-order valence-corrected chi connectivity index (χ1v) is 3.22. The molecular formula is C6H12ClNO. The first-order valence-electron chi connectivity index (χ1n) is 2.85. The Labute approximate surface area is 60.6 Å². The summed E-state index contributed by atoms with van der Waals surface area (Å²) < 4.78 is 0. The lowest BCUT2D eigenvalue weighted by Gasteiger charge is -2.28. The van der Waals surface area contributed by atoms with Gasteiger partial charge in [-0.15, -0.1) is 4.91 Å². The van der Waals surface area contributed by atoms with Crippen LogP contribution in [0.1, 0.15) is 27.7 Å². The van der Waals surface area contributed by atoms with Gasteiger partial charge >= 0.3 is 0 Å². The van der Waals surface area contributed by atoms with Crippen LogP contribution in [0.2, 0.25) is 0 Å². The third-order valence-corrected chi connectivity index (χ3v) is 2.18. The molecule has 0 saturated heterocycles. The third kappa shape index (κ3) is 1.94. The highest BCUT2D eigenvalue weighted by molar-refractivity contribution is 6.23. The van der Waals surface area contributed by atoms with Gasteiger partial charge in [-0.3, -0.25) is 0 Å². The monoisotopic (exact) mass is 149 g/mol. The molecule has 54 valence electrons. The standard InChI is InChI=1S/C6H12ClNO/c1-5(2,3)6(4,7)8-9/h1-4H3. The first kappa shape index (κ1) is 8.89. The lowest BCUT2D eigenvalue weighted by molar-refractivity contribution is 0.299. The van der Waals surface area contributed by atoms with Gasteiger partial charge < -0.3 is 0 Å². The molecule has 0 bridgehead atoms. The van der Waals surface area contributed by atoms with E-state index in [0.717, 1.165) is 0 Å². The highest BCUT2D eigenvalue weighted by atomic mass is 35.5. The predicted molar refractivity (Wildman–Crippen MR) is 39.5 cm³/mol.